The number of rotatable bonds is 5. The molecule has 1 heterocycles. The van der Waals surface area contributed by atoms with Crippen molar-refractivity contribution in [2.45, 2.75) is 32.5 Å². The third-order valence-electron chi connectivity index (χ3n) is 2.96. The molecule has 0 radical (unpaired) electrons. The first kappa shape index (κ1) is 14.5. The molecule has 1 aliphatic heterocycles. The van der Waals surface area contributed by atoms with Crippen LogP contribution in [0.4, 0.5) is 0 Å². The monoisotopic (exact) mass is 278 g/mol. The van der Waals surface area contributed by atoms with E-state index in [-0.39, 0.29) is 18.5 Å². The van der Waals surface area contributed by atoms with Crippen LogP contribution >= 0.6 is 0 Å². The van der Waals surface area contributed by atoms with E-state index in [9.17, 15) is 9.59 Å². The summed E-state index contributed by atoms with van der Waals surface area (Å²) in [6.45, 7) is 2.52. The summed E-state index contributed by atoms with van der Waals surface area (Å²) in [5.74, 6) is -0.993. The van der Waals surface area contributed by atoms with Gasteiger partial charge in [-0.2, -0.15) is 0 Å². The van der Waals surface area contributed by atoms with Gasteiger partial charge in [0.05, 0.1) is 13.2 Å². The number of ether oxygens (including phenoxy) is 3. The second-order valence-electron chi connectivity index (χ2n) is 4.49. The van der Waals surface area contributed by atoms with Gasteiger partial charge in [0.25, 0.3) is 5.78 Å². The summed E-state index contributed by atoms with van der Waals surface area (Å²) in [7, 11) is 0. The minimum absolute atomic E-state index is 0.177. The van der Waals surface area contributed by atoms with Crippen LogP contribution in [0, 0.1) is 0 Å². The summed E-state index contributed by atoms with van der Waals surface area (Å²) in [6, 6.07) is 6.51. The summed E-state index contributed by atoms with van der Waals surface area (Å²) in [6.07, 6.45) is 2.65. The van der Waals surface area contributed by atoms with Gasteiger partial charge in [-0.25, -0.2) is 4.79 Å². The first-order valence-electron chi connectivity index (χ1n) is 6.80. The van der Waals surface area contributed by atoms with Crippen LogP contribution < -0.4 is 4.74 Å². The second kappa shape index (κ2) is 7.05. The zero-order chi connectivity index (χ0) is 14.4. The maximum atomic E-state index is 11.8. The van der Waals surface area contributed by atoms with Gasteiger partial charge in [0.15, 0.2) is 6.29 Å². The van der Waals surface area contributed by atoms with Crippen molar-refractivity contribution in [1.82, 2.24) is 0 Å². The standard InChI is InChI=1S/C15H18O5/c1-2-18-15(17)14(16)11-6-5-7-12(10-11)20-13-8-3-4-9-19-13/h5-7,10,13H,2-4,8-9H2,1H3/t13-/m1/s1. The predicted octanol–water partition coefficient (Wildman–Crippen LogP) is 2.34. The number of carbonyl (C=O) groups excluding carboxylic acids is 2. The molecule has 0 amide bonds. The van der Waals surface area contributed by atoms with Gasteiger partial charge in [0, 0.05) is 12.0 Å². The first-order valence-corrected chi connectivity index (χ1v) is 6.80. The van der Waals surface area contributed by atoms with Gasteiger partial charge in [0.1, 0.15) is 5.75 Å². The molecular weight excluding hydrogens is 260 g/mol. The molecule has 5 nitrogen and oxygen atoms in total. The molecule has 0 aromatic heterocycles. The summed E-state index contributed by atoms with van der Waals surface area (Å²) in [5, 5.41) is 0. The Balaban J connectivity index is 2.03. The summed E-state index contributed by atoms with van der Waals surface area (Å²) < 4.78 is 15.8. The van der Waals surface area contributed by atoms with Crippen molar-refractivity contribution in [1.29, 1.82) is 0 Å². The Hall–Kier alpha value is -1.88. The van der Waals surface area contributed by atoms with Crippen molar-refractivity contribution in [3.05, 3.63) is 29.8 Å². The highest BCUT2D eigenvalue weighted by molar-refractivity contribution is 6.40. The molecule has 1 aromatic rings. The Kier molecular flexibility index (Phi) is 5.12. The van der Waals surface area contributed by atoms with Gasteiger partial charge in [-0.1, -0.05) is 12.1 Å². The first-order chi connectivity index (χ1) is 9.70. The van der Waals surface area contributed by atoms with Crippen LogP contribution in [0.2, 0.25) is 0 Å². The third kappa shape index (κ3) is 3.81. The normalized spacial score (nSPS) is 18.4. The van der Waals surface area contributed by atoms with E-state index in [1.165, 1.54) is 6.07 Å². The second-order valence-corrected chi connectivity index (χ2v) is 4.49. The van der Waals surface area contributed by atoms with E-state index in [4.69, 9.17) is 14.2 Å². The molecule has 0 unspecified atom stereocenters. The van der Waals surface area contributed by atoms with Crippen molar-refractivity contribution in [2.75, 3.05) is 13.2 Å². The number of Topliss-reactive ketones (excluding diaryl/α,β-unsaturated/α-hetero) is 1. The third-order valence-corrected chi connectivity index (χ3v) is 2.96. The zero-order valence-corrected chi connectivity index (χ0v) is 11.5. The molecule has 1 fully saturated rings. The summed E-state index contributed by atoms with van der Waals surface area (Å²) >= 11 is 0. The Morgan fingerprint density at radius 1 is 1.35 bits per heavy atom. The molecule has 2 rings (SSSR count). The van der Waals surface area contributed by atoms with Crippen molar-refractivity contribution >= 4 is 11.8 Å². The molecule has 0 N–H and O–H groups in total. The number of benzene rings is 1. The fourth-order valence-corrected chi connectivity index (χ4v) is 1.98. The van der Waals surface area contributed by atoms with E-state index < -0.39 is 11.8 Å². The lowest BCUT2D eigenvalue weighted by Crippen LogP contribution is -2.25. The topological polar surface area (TPSA) is 61.8 Å². The highest BCUT2D eigenvalue weighted by Crippen LogP contribution is 2.20. The molecule has 1 saturated heterocycles. The van der Waals surface area contributed by atoms with Crippen molar-refractivity contribution in [2.24, 2.45) is 0 Å². The smallest absolute Gasteiger partial charge is 0.379 e. The van der Waals surface area contributed by atoms with E-state index >= 15 is 0 Å². The Morgan fingerprint density at radius 2 is 2.20 bits per heavy atom. The maximum absolute atomic E-state index is 11.8. The van der Waals surface area contributed by atoms with Crippen LogP contribution in [-0.2, 0) is 14.3 Å². The number of carbonyl (C=O) groups is 2. The van der Waals surface area contributed by atoms with Crippen molar-refractivity contribution in [3.8, 4) is 5.75 Å². The lowest BCUT2D eigenvalue weighted by Gasteiger charge is -2.23. The van der Waals surface area contributed by atoms with Crippen molar-refractivity contribution in [3.63, 3.8) is 0 Å². The number of ketones is 1. The summed E-state index contributed by atoms with van der Waals surface area (Å²) in [5.41, 5.74) is 0.261. The predicted molar refractivity (Wildman–Crippen MR) is 71.6 cm³/mol. The number of hydrogen-bond acceptors (Lipinski definition) is 5. The van der Waals surface area contributed by atoms with E-state index in [1.54, 1.807) is 25.1 Å². The van der Waals surface area contributed by atoms with Crippen LogP contribution in [0.1, 0.15) is 36.5 Å². The van der Waals surface area contributed by atoms with Gasteiger partial charge in [-0.15, -0.1) is 0 Å². The SMILES string of the molecule is CCOC(=O)C(=O)c1cccc(O[C@@H]2CCCCO2)c1. The number of esters is 1. The van der Waals surface area contributed by atoms with Crippen LogP contribution in [0.15, 0.2) is 24.3 Å². The highest BCUT2D eigenvalue weighted by Gasteiger charge is 2.19. The summed E-state index contributed by atoms with van der Waals surface area (Å²) in [4.78, 5) is 23.2. The van der Waals surface area contributed by atoms with Crippen molar-refractivity contribution < 1.29 is 23.8 Å². The van der Waals surface area contributed by atoms with Crippen LogP contribution in [0.3, 0.4) is 0 Å². The number of hydrogen-bond donors (Lipinski definition) is 0. The zero-order valence-electron chi connectivity index (χ0n) is 11.5. The Labute approximate surface area is 117 Å². The molecule has 5 heteroatoms. The van der Waals surface area contributed by atoms with E-state index in [0.717, 1.165) is 19.3 Å². The van der Waals surface area contributed by atoms with E-state index in [0.29, 0.717) is 12.4 Å². The van der Waals surface area contributed by atoms with Gasteiger partial charge < -0.3 is 14.2 Å². The Bertz CT molecular complexity index is 477. The van der Waals surface area contributed by atoms with Gasteiger partial charge in [-0.05, 0) is 31.9 Å². The largest absolute Gasteiger partial charge is 0.465 e. The average Bonchev–Trinajstić information content (AvgIpc) is 2.48. The van der Waals surface area contributed by atoms with E-state index in [2.05, 4.69) is 0 Å². The minimum atomic E-state index is -0.849. The molecule has 0 bridgehead atoms. The molecule has 1 aromatic carbocycles. The average molecular weight is 278 g/mol. The molecule has 108 valence electrons. The molecule has 1 atom stereocenters. The molecule has 1 aliphatic rings. The minimum Gasteiger partial charge on any atom is -0.465 e. The lowest BCUT2D eigenvalue weighted by molar-refractivity contribution is -0.137. The van der Waals surface area contributed by atoms with Gasteiger partial charge in [-0.3, -0.25) is 4.79 Å². The quantitative estimate of drug-likeness (QED) is 0.470. The molecule has 20 heavy (non-hydrogen) atoms. The fourth-order valence-electron chi connectivity index (χ4n) is 1.98. The van der Waals surface area contributed by atoms with Crippen LogP contribution in [-0.4, -0.2) is 31.3 Å². The lowest BCUT2D eigenvalue weighted by atomic mass is 10.1. The Morgan fingerprint density at radius 3 is 2.90 bits per heavy atom. The molecule has 0 saturated carbocycles. The molecule has 0 spiro atoms. The van der Waals surface area contributed by atoms with Crippen LogP contribution in [0.5, 0.6) is 5.75 Å². The molecule has 0 aliphatic carbocycles. The maximum Gasteiger partial charge on any atom is 0.379 e. The van der Waals surface area contributed by atoms with E-state index in [1.807, 2.05) is 0 Å². The van der Waals surface area contributed by atoms with Crippen LogP contribution in [0.25, 0.3) is 0 Å². The van der Waals surface area contributed by atoms with Gasteiger partial charge >= 0.3 is 5.97 Å². The fraction of sp³-hybridized carbons (Fsp3) is 0.467. The molecular formula is C15H18O5. The van der Waals surface area contributed by atoms with Gasteiger partial charge in [0.2, 0.25) is 0 Å². The highest BCUT2D eigenvalue weighted by atomic mass is 16.7.